The van der Waals surface area contributed by atoms with Gasteiger partial charge in [0.1, 0.15) is 11.6 Å². The highest BCUT2D eigenvalue weighted by Crippen LogP contribution is 2.39. The predicted octanol–water partition coefficient (Wildman–Crippen LogP) is 2.95. The van der Waals surface area contributed by atoms with Gasteiger partial charge in [0.05, 0.1) is 22.8 Å². The van der Waals surface area contributed by atoms with Crippen LogP contribution in [0.1, 0.15) is 24.4 Å². The molecule has 1 saturated heterocycles. The fourth-order valence-electron chi connectivity index (χ4n) is 4.60. The Morgan fingerprint density at radius 1 is 1.14 bits per heavy atom. The summed E-state index contributed by atoms with van der Waals surface area (Å²) >= 11 is 2.03. The van der Waals surface area contributed by atoms with E-state index in [9.17, 15) is 18.8 Å². The minimum Gasteiger partial charge on any atom is -0.366 e. The van der Waals surface area contributed by atoms with Crippen molar-refractivity contribution in [2.24, 2.45) is 7.05 Å². The number of aryl methyl sites for hydroxylation is 1. The topological polar surface area (TPSA) is 100 Å². The van der Waals surface area contributed by atoms with Crippen molar-refractivity contribution in [1.82, 2.24) is 19.8 Å². The van der Waals surface area contributed by atoms with Crippen LogP contribution in [-0.2, 0) is 7.05 Å². The zero-order valence-electron chi connectivity index (χ0n) is 19.6. The standard InChI is InChI=1S/C24H26FIN6O3/c1-12-19-18(31-9-14(10-31)28-24(35)27-2)11-32(15-5-6-15)23(34)20(19)21(30(3)22(12)33)29-17-7-4-13(26)8-16(17)25/h4,7-8,11,14-15,29H,5-6,9-10H2,1-3H3,(H2,27,28,35). The van der Waals surface area contributed by atoms with Crippen molar-refractivity contribution in [3.63, 3.8) is 0 Å². The van der Waals surface area contributed by atoms with E-state index in [0.717, 1.165) is 22.1 Å². The number of amides is 2. The van der Waals surface area contributed by atoms with Crippen LogP contribution < -0.4 is 32.0 Å². The van der Waals surface area contributed by atoms with E-state index in [1.54, 1.807) is 37.7 Å². The first kappa shape index (κ1) is 23.6. The number of halogens is 2. The molecule has 0 unspecified atom stereocenters. The van der Waals surface area contributed by atoms with Crippen molar-refractivity contribution >= 4 is 56.6 Å². The molecule has 0 bridgehead atoms. The molecule has 1 aliphatic carbocycles. The monoisotopic (exact) mass is 592 g/mol. The van der Waals surface area contributed by atoms with Gasteiger partial charge in [-0.1, -0.05) is 0 Å². The molecule has 5 rings (SSSR count). The summed E-state index contributed by atoms with van der Waals surface area (Å²) in [5.74, 6) is -0.208. The number of aromatic nitrogens is 2. The minimum absolute atomic E-state index is 0.0448. The van der Waals surface area contributed by atoms with E-state index in [-0.39, 0.29) is 40.7 Å². The van der Waals surface area contributed by atoms with Crippen molar-refractivity contribution in [3.8, 4) is 0 Å². The molecular formula is C24H26FIN6O3. The van der Waals surface area contributed by atoms with Gasteiger partial charge in [-0.3, -0.25) is 14.2 Å². The lowest BCUT2D eigenvalue weighted by Crippen LogP contribution is -2.61. The maximum atomic E-state index is 14.7. The van der Waals surface area contributed by atoms with Crippen molar-refractivity contribution in [3.05, 3.63) is 60.1 Å². The fraction of sp³-hybridized carbons (Fsp3) is 0.375. The Bertz CT molecular complexity index is 1470. The Labute approximate surface area is 214 Å². The molecular weight excluding hydrogens is 566 g/mol. The van der Waals surface area contributed by atoms with E-state index in [0.29, 0.717) is 29.4 Å². The molecule has 9 nitrogen and oxygen atoms in total. The molecule has 3 N–H and O–H groups in total. The van der Waals surface area contributed by atoms with Crippen LogP contribution in [0.2, 0.25) is 0 Å². The third-order valence-corrected chi connectivity index (χ3v) is 7.37. The average Bonchev–Trinajstić information content (AvgIpc) is 3.64. The van der Waals surface area contributed by atoms with Crippen LogP contribution in [0.4, 0.5) is 26.4 Å². The highest BCUT2D eigenvalue weighted by molar-refractivity contribution is 14.1. The SMILES string of the molecule is CNC(=O)NC1CN(c2cn(C3CC3)c(=O)c3c(Nc4ccc(I)cc4F)n(C)c(=O)c(C)c23)C1. The molecule has 3 aromatic rings. The highest BCUT2D eigenvalue weighted by Gasteiger charge is 2.34. The van der Waals surface area contributed by atoms with Gasteiger partial charge in [0.15, 0.2) is 0 Å². The van der Waals surface area contributed by atoms with E-state index >= 15 is 0 Å². The van der Waals surface area contributed by atoms with Gasteiger partial charge in [0.2, 0.25) is 0 Å². The van der Waals surface area contributed by atoms with Crippen LogP contribution in [-0.4, -0.2) is 41.3 Å². The Morgan fingerprint density at radius 2 is 1.86 bits per heavy atom. The molecule has 2 fully saturated rings. The Morgan fingerprint density at radius 3 is 2.49 bits per heavy atom. The third kappa shape index (κ3) is 4.15. The van der Waals surface area contributed by atoms with Gasteiger partial charge in [0, 0.05) is 53.9 Å². The van der Waals surface area contributed by atoms with Gasteiger partial charge in [-0.05, 0) is 60.6 Å². The largest absolute Gasteiger partial charge is 0.366 e. The molecule has 0 radical (unpaired) electrons. The second kappa shape index (κ2) is 8.85. The summed E-state index contributed by atoms with van der Waals surface area (Å²) in [5.41, 5.74) is 0.930. The number of nitrogens with one attached hydrogen (secondary N) is 3. The molecule has 3 heterocycles. The van der Waals surface area contributed by atoms with Gasteiger partial charge in [0.25, 0.3) is 11.1 Å². The number of pyridine rings is 2. The van der Waals surface area contributed by atoms with Crippen molar-refractivity contribution in [1.29, 1.82) is 0 Å². The van der Waals surface area contributed by atoms with E-state index in [4.69, 9.17) is 0 Å². The molecule has 2 aromatic heterocycles. The number of fused-ring (bicyclic) bond motifs is 1. The van der Waals surface area contributed by atoms with Crippen molar-refractivity contribution in [2.45, 2.75) is 31.8 Å². The van der Waals surface area contributed by atoms with Gasteiger partial charge in [-0.25, -0.2) is 9.18 Å². The number of urea groups is 1. The summed E-state index contributed by atoms with van der Waals surface area (Å²) in [6.07, 6.45) is 3.65. The molecule has 184 valence electrons. The Balaban J connectivity index is 1.69. The van der Waals surface area contributed by atoms with E-state index in [1.807, 2.05) is 28.8 Å². The van der Waals surface area contributed by atoms with Crippen LogP contribution in [0.5, 0.6) is 0 Å². The van der Waals surface area contributed by atoms with Crippen molar-refractivity contribution in [2.75, 3.05) is 30.4 Å². The second-order valence-electron chi connectivity index (χ2n) is 9.12. The maximum Gasteiger partial charge on any atom is 0.314 e. The van der Waals surface area contributed by atoms with E-state index < -0.39 is 5.82 Å². The number of nitrogens with zero attached hydrogens (tertiary/aromatic N) is 3. The van der Waals surface area contributed by atoms with Gasteiger partial charge < -0.3 is 25.4 Å². The number of rotatable bonds is 5. The molecule has 1 aromatic carbocycles. The third-order valence-electron chi connectivity index (χ3n) is 6.70. The smallest absolute Gasteiger partial charge is 0.314 e. The number of hydrogen-bond acceptors (Lipinski definition) is 5. The van der Waals surface area contributed by atoms with Crippen LogP contribution in [0.15, 0.2) is 34.0 Å². The minimum atomic E-state index is -0.470. The summed E-state index contributed by atoms with van der Waals surface area (Å²) in [6, 6.07) is 4.56. The molecule has 1 aliphatic heterocycles. The zero-order valence-corrected chi connectivity index (χ0v) is 21.8. The Kier molecular flexibility index (Phi) is 5.98. The van der Waals surface area contributed by atoms with Gasteiger partial charge >= 0.3 is 6.03 Å². The first-order valence-corrected chi connectivity index (χ1v) is 12.5. The Hall–Kier alpha value is -3.09. The zero-order chi connectivity index (χ0) is 25.0. The van der Waals surface area contributed by atoms with Crippen molar-refractivity contribution < 1.29 is 9.18 Å². The molecule has 1 saturated carbocycles. The lowest BCUT2D eigenvalue weighted by Gasteiger charge is -2.42. The predicted molar refractivity (Wildman–Crippen MR) is 142 cm³/mol. The first-order chi connectivity index (χ1) is 16.7. The highest BCUT2D eigenvalue weighted by atomic mass is 127. The number of carbonyl (C=O) groups excluding carboxylic acids is 1. The number of carbonyl (C=O) groups is 1. The lowest BCUT2D eigenvalue weighted by molar-refractivity contribution is 0.236. The maximum absolute atomic E-state index is 14.7. The number of hydrogen-bond donors (Lipinski definition) is 3. The molecule has 0 atom stereocenters. The summed E-state index contributed by atoms with van der Waals surface area (Å²) in [7, 11) is 3.15. The van der Waals surface area contributed by atoms with Crippen LogP contribution in [0, 0.1) is 16.3 Å². The van der Waals surface area contributed by atoms with E-state index in [2.05, 4.69) is 20.9 Å². The molecule has 35 heavy (non-hydrogen) atoms. The van der Waals surface area contributed by atoms with Crippen LogP contribution in [0.3, 0.4) is 0 Å². The quantitative estimate of drug-likeness (QED) is 0.396. The fourth-order valence-corrected chi connectivity index (χ4v) is 5.05. The lowest BCUT2D eigenvalue weighted by atomic mass is 10.0. The summed E-state index contributed by atoms with van der Waals surface area (Å²) in [5, 5.41) is 9.39. The molecule has 0 spiro atoms. The average molecular weight is 592 g/mol. The van der Waals surface area contributed by atoms with Crippen LogP contribution in [0.25, 0.3) is 10.8 Å². The summed E-state index contributed by atoms with van der Waals surface area (Å²) in [4.78, 5) is 40.7. The van der Waals surface area contributed by atoms with Gasteiger partial charge in [-0.15, -0.1) is 0 Å². The second-order valence-corrected chi connectivity index (χ2v) is 10.4. The van der Waals surface area contributed by atoms with E-state index in [1.165, 1.54) is 10.6 Å². The number of benzene rings is 1. The molecule has 2 amide bonds. The molecule has 2 aliphatic rings. The van der Waals surface area contributed by atoms with Gasteiger partial charge in [-0.2, -0.15) is 0 Å². The number of anilines is 3. The molecule has 11 heteroatoms. The summed E-state index contributed by atoms with van der Waals surface area (Å²) < 4.78 is 18.6. The first-order valence-electron chi connectivity index (χ1n) is 11.4. The van der Waals surface area contributed by atoms with Crippen LogP contribution >= 0.6 is 22.6 Å². The summed E-state index contributed by atoms with van der Waals surface area (Å²) in [6.45, 7) is 2.81. The normalized spacial score (nSPS) is 15.7.